The van der Waals surface area contributed by atoms with Crippen molar-refractivity contribution in [2.45, 2.75) is 25.8 Å². The summed E-state index contributed by atoms with van der Waals surface area (Å²) < 4.78 is 4.80. The first-order valence-corrected chi connectivity index (χ1v) is 8.30. The van der Waals surface area contributed by atoms with Crippen LogP contribution in [0.5, 0.6) is 0 Å². The summed E-state index contributed by atoms with van der Waals surface area (Å²) in [4.78, 5) is 35.4. The van der Waals surface area contributed by atoms with Gasteiger partial charge in [0.1, 0.15) is 6.04 Å². The third-order valence-corrected chi connectivity index (χ3v) is 3.82. The topological polar surface area (TPSA) is 84.5 Å². The summed E-state index contributed by atoms with van der Waals surface area (Å²) in [6.07, 6.45) is 1.08. The predicted octanol–water partition coefficient (Wildman–Crippen LogP) is 2.55. The zero-order valence-corrected chi connectivity index (χ0v) is 14.8. The van der Waals surface area contributed by atoms with E-state index in [1.165, 1.54) is 14.0 Å². The van der Waals surface area contributed by atoms with Crippen molar-refractivity contribution < 1.29 is 19.1 Å². The van der Waals surface area contributed by atoms with E-state index in [4.69, 9.17) is 4.74 Å². The number of anilines is 1. The molecule has 26 heavy (non-hydrogen) atoms. The Bertz CT molecular complexity index is 757. The highest BCUT2D eigenvalue weighted by atomic mass is 16.5. The molecule has 2 rings (SSSR count). The fourth-order valence-electron chi connectivity index (χ4n) is 2.50. The summed E-state index contributed by atoms with van der Waals surface area (Å²) in [5.74, 6) is -1.04. The molecule has 0 spiro atoms. The van der Waals surface area contributed by atoms with Gasteiger partial charge in [-0.1, -0.05) is 30.3 Å². The van der Waals surface area contributed by atoms with Crippen molar-refractivity contribution in [2.24, 2.45) is 0 Å². The lowest BCUT2D eigenvalue weighted by atomic mass is 10.0. The minimum atomic E-state index is -0.734. The number of carbonyl (C=O) groups is 3. The molecule has 0 unspecified atom stereocenters. The van der Waals surface area contributed by atoms with Gasteiger partial charge in [-0.25, -0.2) is 4.79 Å². The normalized spacial score (nSPS) is 11.3. The van der Waals surface area contributed by atoms with Gasteiger partial charge in [-0.05, 0) is 42.7 Å². The molecule has 0 saturated heterocycles. The molecule has 1 atom stereocenters. The Morgan fingerprint density at radius 3 is 2.23 bits per heavy atom. The molecule has 6 heteroatoms. The largest absolute Gasteiger partial charge is 0.467 e. The smallest absolute Gasteiger partial charge is 0.328 e. The van der Waals surface area contributed by atoms with Crippen molar-refractivity contribution in [3.8, 4) is 0 Å². The van der Waals surface area contributed by atoms with Crippen LogP contribution in [0.2, 0.25) is 0 Å². The average molecular weight is 354 g/mol. The molecule has 2 aromatic rings. The first-order chi connectivity index (χ1) is 12.5. The van der Waals surface area contributed by atoms with Gasteiger partial charge < -0.3 is 15.4 Å². The third-order valence-electron chi connectivity index (χ3n) is 3.82. The molecule has 136 valence electrons. The van der Waals surface area contributed by atoms with Gasteiger partial charge in [-0.3, -0.25) is 9.59 Å². The Morgan fingerprint density at radius 2 is 1.65 bits per heavy atom. The first-order valence-electron chi connectivity index (χ1n) is 8.30. The van der Waals surface area contributed by atoms with E-state index in [-0.39, 0.29) is 11.8 Å². The Morgan fingerprint density at radius 1 is 1.00 bits per heavy atom. The maximum Gasteiger partial charge on any atom is 0.328 e. The number of hydrogen-bond donors (Lipinski definition) is 2. The maximum atomic E-state index is 12.4. The molecule has 2 amide bonds. The van der Waals surface area contributed by atoms with Crippen molar-refractivity contribution in [1.82, 2.24) is 5.32 Å². The maximum absolute atomic E-state index is 12.4. The zero-order valence-electron chi connectivity index (χ0n) is 14.8. The number of esters is 1. The molecular formula is C20H22N2O4. The highest BCUT2D eigenvalue weighted by Gasteiger charge is 2.22. The highest BCUT2D eigenvalue weighted by Crippen LogP contribution is 2.11. The van der Waals surface area contributed by atoms with Crippen LogP contribution in [0.15, 0.2) is 54.6 Å². The molecular weight excluding hydrogens is 332 g/mol. The van der Waals surface area contributed by atoms with Crippen LogP contribution in [0.3, 0.4) is 0 Å². The minimum Gasteiger partial charge on any atom is -0.467 e. The number of nitrogens with one attached hydrogen (secondary N) is 2. The van der Waals surface area contributed by atoms with E-state index >= 15 is 0 Å². The number of amides is 2. The highest BCUT2D eigenvalue weighted by molar-refractivity contribution is 5.97. The molecule has 0 aliphatic rings. The van der Waals surface area contributed by atoms with Gasteiger partial charge in [0, 0.05) is 18.2 Å². The summed E-state index contributed by atoms with van der Waals surface area (Å²) in [5, 5.41) is 5.35. The Labute approximate surface area is 152 Å². The monoisotopic (exact) mass is 354 g/mol. The lowest BCUT2D eigenvalue weighted by molar-refractivity contribution is -0.143. The SMILES string of the molecule is COC(=O)[C@H](CCc1ccccc1)NC(=O)c1ccc(NC(C)=O)cc1. The molecule has 2 aromatic carbocycles. The Hall–Kier alpha value is -3.15. The molecule has 0 bridgehead atoms. The number of methoxy groups -OCH3 is 1. The van der Waals surface area contributed by atoms with E-state index < -0.39 is 12.0 Å². The lowest BCUT2D eigenvalue weighted by Crippen LogP contribution is -2.41. The van der Waals surface area contributed by atoms with Crippen LogP contribution in [0, 0.1) is 0 Å². The number of aryl methyl sites for hydroxylation is 1. The summed E-state index contributed by atoms with van der Waals surface area (Å²) in [6.45, 7) is 1.41. The molecule has 0 saturated carbocycles. The molecule has 0 aliphatic heterocycles. The molecule has 0 fully saturated rings. The second-order valence-corrected chi connectivity index (χ2v) is 5.83. The van der Waals surface area contributed by atoms with Crippen LogP contribution < -0.4 is 10.6 Å². The van der Waals surface area contributed by atoms with Crippen molar-refractivity contribution in [2.75, 3.05) is 12.4 Å². The Balaban J connectivity index is 2.01. The zero-order chi connectivity index (χ0) is 18.9. The standard InChI is InChI=1S/C20H22N2O4/c1-14(23)21-17-11-9-16(10-12-17)19(24)22-18(20(25)26-2)13-8-15-6-4-3-5-7-15/h3-7,9-12,18H,8,13H2,1-2H3,(H,21,23)(H,22,24)/t18-/m0/s1. The van der Waals surface area contributed by atoms with E-state index in [1.807, 2.05) is 30.3 Å². The van der Waals surface area contributed by atoms with Gasteiger partial charge in [0.05, 0.1) is 7.11 Å². The molecule has 2 N–H and O–H groups in total. The van der Waals surface area contributed by atoms with Crippen LogP contribution in [-0.4, -0.2) is 30.9 Å². The van der Waals surface area contributed by atoms with Crippen molar-refractivity contribution >= 4 is 23.5 Å². The summed E-state index contributed by atoms with van der Waals surface area (Å²) in [7, 11) is 1.30. The number of ether oxygens (including phenoxy) is 1. The molecule has 0 radical (unpaired) electrons. The fraction of sp³-hybridized carbons (Fsp3) is 0.250. The van der Waals surface area contributed by atoms with Crippen molar-refractivity contribution in [3.63, 3.8) is 0 Å². The number of benzene rings is 2. The van der Waals surface area contributed by atoms with Crippen LogP contribution in [-0.2, 0) is 20.7 Å². The van der Waals surface area contributed by atoms with Crippen LogP contribution in [0.25, 0.3) is 0 Å². The third kappa shape index (κ3) is 5.73. The number of carbonyl (C=O) groups excluding carboxylic acids is 3. The van der Waals surface area contributed by atoms with E-state index in [2.05, 4.69) is 10.6 Å². The molecule has 6 nitrogen and oxygen atoms in total. The van der Waals surface area contributed by atoms with Gasteiger partial charge >= 0.3 is 5.97 Å². The molecule has 0 aliphatic carbocycles. The molecule has 0 aromatic heterocycles. The van der Waals surface area contributed by atoms with E-state index in [0.717, 1.165) is 5.56 Å². The molecule has 0 heterocycles. The van der Waals surface area contributed by atoms with E-state index in [9.17, 15) is 14.4 Å². The quantitative estimate of drug-likeness (QED) is 0.749. The minimum absolute atomic E-state index is 0.186. The van der Waals surface area contributed by atoms with Crippen molar-refractivity contribution in [1.29, 1.82) is 0 Å². The summed E-state index contributed by atoms with van der Waals surface area (Å²) >= 11 is 0. The van der Waals surface area contributed by atoms with Gasteiger partial charge in [-0.15, -0.1) is 0 Å². The van der Waals surface area contributed by atoms with Crippen molar-refractivity contribution in [3.05, 3.63) is 65.7 Å². The summed E-state index contributed by atoms with van der Waals surface area (Å²) in [6, 6.07) is 15.4. The van der Waals surface area contributed by atoms with Gasteiger partial charge in [-0.2, -0.15) is 0 Å². The van der Waals surface area contributed by atoms with Gasteiger partial charge in [0.2, 0.25) is 5.91 Å². The second kappa shape index (κ2) is 9.36. The lowest BCUT2D eigenvalue weighted by Gasteiger charge is -2.16. The summed E-state index contributed by atoms with van der Waals surface area (Å²) in [5.41, 5.74) is 2.07. The Kier molecular flexibility index (Phi) is 6.91. The van der Waals surface area contributed by atoms with Crippen LogP contribution in [0.1, 0.15) is 29.3 Å². The van der Waals surface area contributed by atoms with Crippen LogP contribution >= 0.6 is 0 Å². The van der Waals surface area contributed by atoms with E-state index in [1.54, 1.807) is 24.3 Å². The van der Waals surface area contributed by atoms with Gasteiger partial charge in [0.15, 0.2) is 0 Å². The van der Waals surface area contributed by atoms with E-state index in [0.29, 0.717) is 24.1 Å². The van der Waals surface area contributed by atoms with Gasteiger partial charge in [0.25, 0.3) is 5.91 Å². The number of hydrogen-bond acceptors (Lipinski definition) is 4. The predicted molar refractivity (Wildman–Crippen MR) is 98.8 cm³/mol. The number of rotatable bonds is 7. The average Bonchev–Trinajstić information content (AvgIpc) is 2.65. The van der Waals surface area contributed by atoms with Crippen LogP contribution in [0.4, 0.5) is 5.69 Å². The first kappa shape index (κ1) is 19.2. The fourth-order valence-corrected chi connectivity index (χ4v) is 2.50. The second-order valence-electron chi connectivity index (χ2n) is 5.83.